The van der Waals surface area contributed by atoms with Crippen LogP contribution in [0.15, 0.2) is 52.0 Å². The largest absolute Gasteiger partial charge is 0.422 e. The molecule has 2 aromatic rings. The van der Waals surface area contributed by atoms with Crippen LogP contribution in [-0.2, 0) is 4.79 Å². The molecule has 1 N–H and O–H groups in total. The van der Waals surface area contributed by atoms with Crippen LogP contribution in [0.2, 0.25) is 0 Å². The van der Waals surface area contributed by atoms with Gasteiger partial charge in [0.1, 0.15) is 5.75 Å². The molecule has 0 fully saturated rings. The third-order valence-electron chi connectivity index (χ3n) is 4.83. The van der Waals surface area contributed by atoms with Crippen molar-refractivity contribution in [1.29, 1.82) is 0 Å². The number of ether oxygens (including phenoxy) is 1. The number of hydrazone groups is 1. The van der Waals surface area contributed by atoms with Crippen LogP contribution in [0.1, 0.15) is 79.8 Å². The number of benzene rings is 2. The molecule has 5 nitrogen and oxygen atoms in total. The number of halogens is 1. The fraction of sp³-hybridized carbons (Fsp3) is 0.400. The first kappa shape index (κ1) is 24.8. The summed E-state index contributed by atoms with van der Waals surface area (Å²) in [5, 5.41) is 4.04. The molecule has 0 bridgehead atoms. The normalized spacial score (nSPS) is 10.9. The summed E-state index contributed by atoms with van der Waals surface area (Å²) in [6.07, 6.45) is 10.1. The SMILES string of the molecule is CCCCCCCCCC(=O)N/N=C/c1cc(Br)ccc1OC(=O)c1cccc(C)c1. The van der Waals surface area contributed by atoms with E-state index in [1.54, 1.807) is 30.3 Å². The minimum Gasteiger partial charge on any atom is -0.422 e. The van der Waals surface area contributed by atoms with Crippen molar-refractivity contribution in [1.82, 2.24) is 5.43 Å². The molecule has 0 saturated heterocycles. The van der Waals surface area contributed by atoms with Crippen LogP contribution in [0, 0.1) is 6.92 Å². The van der Waals surface area contributed by atoms with Crippen molar-refractivity contribution in [3.05, 3.63) is 63.6 Å². The minimum absolute atomic E-state index is 0.113. The minimum atomic E-state index is -0.441. The summed E-state index contributed by atoms with van der Waals surface area (Å²) in [6.45, 7) is 4.12. The zero-order valence-corrected chi connectivity index (χ0v) is 19.9. The zero-order valence-electron chi connectivity index (χ0n) is 18.3. The molecule has 0 aromatic heterocycles. The van der Waals surface area contributed by atoms with E-state index in [2.05, 4.69) is 33.4 Å². The quantitative estimate of drug-likeness (QED) is 0.121. The molecule has 2 aromatic carbocycles. The van der Waals surface area contributed by atoms with Crippen LogP contribution in [0.4, 0.5) is 0 Å². The van der Waals surface area contributed by atoms with E-state index in [0.29, 0.717) is 23.3 Å². The fourth-order valence-electron chi connectivity index (χ4n) is 3.12. The maximum Gasteiger partial charge on any atom is 0.343 e. The van der Waals surface area contributed by atoms with E-state index in [0.717, 1.165) is 22.9 Å². The average Bonchev–Trinajstić information content (AvgIpc) is 2.75. The van der Waals surface area contributed by atoms with Crippen molar-refractivity contribution in [3.63, 3.8) is 0 Å². The van der Waals surface area contributed by atoms with Gasteiger partial charge in [-0.25, -0.2) is 10.2 Å². The van der Waals surface area contributed by atoms with Gasteiger partial charge in [-0.15, -0.1) is 0 Å². The summed E-state index contributed by atoms with van der Waals surface area (Å²) in [5.41, 5.74) is 4.61. The van der Waals surface area contributed by atoms with Crippen LogP contribution < -0.4 is 10.2 Å². The van der Waals surface area contributed by atoms with Crippen molar-refractivity contribution in [2.75, 3.05) is 0 Å². The molecule has 166 valence electrons. The third-order valence-corrected chi connectivity index (χ3v) is 5.32. The molecule has 0 unspecified atom stereocenters. The predicted molar refractivity (Wildman–Crippen MR) is 129 cm³/mol. The highest BCUT2D eigenvalue weighted by Crippen LogP contribution is 2.23. The molecular formula is C25H31BrN2O3. The van der Waals surface area contributed by atoms with Gasteiger partial charge in [0.05, 0.1) is 11.8 Å². The van der Waals surface area contributed by atoms with Gasteiger partial charge in [0.25, 0.3) is 0 Å². The lowest BCUT2D eigenvalue weighted by atomic mass is 10.1. The summed E-state index contributed by atoms with van der Waals surface area (Å²) < 4.78 is 6.37. The first-order valence-electron chi connectivity index (χ1n) is 10.9. The number of unbranched alkanes of at least 4 members (excludes halogenated alkanes) is 6. The van der Waals surface area contributed by atoms with Crippen LogP contribution in [-0.4, -0.2) is 18.1 Å². The van der Waals surface area contributed by atoms with E-state index in [1.165, 1.54) is 38.3 Å². The first-order valence-corrected chi connectivity index (χ1v) is 11.7. The molecular weight excluding hydrogens is 456 g/mol. The highest BCUT2D eigenvalue weighted by atomic mass is 79.9. The van der Waals surface area contributed by atoms with Gasteiger partial charge in [-0.05, 0) is 43.7 Å². The summed E-state index contributed by atoms with van der Waals surface area (Å²) in [4.78, 5) is 24.5. The Kier molecular flexibility index (Phi) is 11.0. The summed E-state index contributed by atoms with van der Waals surface area (Å²) in [6, 6.07) is 12.5. The van der Waals surface area contributed by atoms with E-state index in [-0.39, 0.29) is 5.91 Å². The van der Waals surface area contributed by atoms with Gasteiger partial charge in [-0.2, -0.15) is 5.10 Å². The highest BCUT2D eigenvalue weighted by molar-refractivity contribution is 9.10. The molecule has 6 heteroatoms. The van der Waals surface area contributed by atoms with E-state index in [1.807, 2.05) is 19.1 Å². The number of carbonyl (C=O) groups excluding carboxylic acids is 2. The smallest absolute Gasteiger partial charge is 0.343 e. The summed E-state index contributed by atoms with van der Waals surface area (Å²) in [5.74, 6) is -0.179. The second kappa shape index (κ2) is 13.8. The van der Waals surface area contributed by atoms with Gasteiger partial charge in [0.15, 0.2) is 0 Å². The van der Waals surface area contributed by atoms with Gasteiger partial charge in [-0.1, -0.05) is 79.1 Å². The summed E-state index contributed by atoms with van der Waals surface area (Å²) in [7, 11) is 0. The first-order chi connectivity index (χ1) is 15.0. The van der Waals surface area contributed by atoms with Crippen LogP contribution in [0.25, 0.3) is 0 Å². The maximum atomic E-state index is 12.5. The van der Waals surface area contributed by atoms with Gasteiger partial charge >= 0.3 is 5.97 Å². The second-order valence-electron chi connectivity index (χ2n) is 7.61. The Morgan fingerprint density at radius 3 is 2.52 bits per heavy atom. The molecule has 0 radical (unpaired) electrons. The topological polar surface area (TPSA) is 67.8 Å². The maximum absolute atomic E-state index is 12.5. The Hall–Kier alpha value is -2.47. The molecule has 0 heterocycles. The number of nitrogens with one attached hydrogen (secondary N) is 1. The van der Waals surface area contributed by atoms with Crippen molar-refractivity contribution >= 4 is 34.0 Å². The highest BCUT2D eigenvalue weighted by Gasteiger charge is 2.12. The number of hydrogen-bond donors (Lipinski definition) is 1. The van der Waals surface area contributed by atoms with Crippen LogP contribution >= 0.6 is 15.9 Å². The van der Waals surface area contributed by atoms with Crippen LogP contribution in [0.5, 0.6) is 5.75 Å². The van der Waals surface area contributed by atoms with Crippen molar-refractivity contribution in [2.24, 2.45) is 5.10 Å². The zero-order chi connectivity index (χ0) is 22.5. The van der Waals surface area contributed by atoms with Gasteiger partial charge in [-0.3, -0.25) is 4.79 Å². The molecule has 0 atom stereocenters. The summed E-state index contributed by atoms with van der Waals surface area (Å²) >= 11 is 3.41. The lowest BCUT2D eigenvalue weighted by Crippen LogP contribution is -2.17. The molecule has 0 aliphatic heterocycles. The van der Waals surface area contributed by atoms with E-state index >= 15 is 0 Å². The number of amides is 1. The monoisotopic (exact) mass is 486 g/mol. The Balaban J connectivity index is 1.86. The molecule has 0 aliphatic rings. The van der Waals surface area contributed by atoms with Gasteiger partial charge in [0.2, 0.25) is 5.91 Å². The number of aryl methyl sites for hydroxylation is 1. The average molecular weight is 487 g/mol. The van der Waals surface area contributed by atoms with Crippen LogP contribution in [0.3, 0.4) is 0 Å². The molecule has 1 amide bonds. The lowest BCUT2D eigenvalue weighted by molar-refractivity contribution is -0.121. The fourth-order valence-corrected chi connectivity index (χ4v) is 3.50. The third kappa shape index (κ3) is 9.47. The van der Waals surface area contributed by atoms with Gasteiger partial charge < -0.3 is 4.74 Å². The number of carbonyl (C=O) groups is 2. The Morgan fingerprint density at radius 2 is 1.77 bits per heavy atom. The van der Waals surface area contributed by atoms with Crippen molar-refractivity contribution < 1.29 is 14.3 Å². The second-order valence-corrected chi connectivity index (χ2v) is 8.52. The number of rotatable bonds is 12. The van der Waals surface area contributed by atoms with Crippen molar-refractivity contribution in [3.8, 4) is 5.75 Å². The molecule has 0 aliphatic carbocycles. The standard InChI is InChI=1S/C25H31BrN2O3/c1-3-4-5-6-7-8-9-13-24(29)28-27-18-21-17-22(26)14-15-23(21)31-25(30)20-12-10-11-19(2)16-20/h10-12,14-18H,3-9,13H2,1-2H3,(H,28,29)/b27-18+. The predicted octanol–water partition coefficient (Wildman–Crippen LogP) is 6.57. The van der Waals surface area contributed by atoms with Gasteiger partial charge in [0, 0.05) is 16.5 Å². The van der Waals surface area contributed by atoms with Crippen molar-refractivity contribution in [2.45, 2.75) is 65.2 Å². The van der Waals surface area contributed by atoms with E-state index in [4.69, 9.17) is 4.74 Å². The number of esters is 1. The van der Waals surface area contributed by atoms with E-state index in [9.17, 15) is 9.59 Å². The Labute approximate surface area is 193 Å². The number of hydrogen-bond acceptors (Lipinski definition) is 4. The molecule has 0 spiro atoms. The Bertz CT molecular complexity index is 896. The Morgan fingerprint density at radius 1 is 1.03 bits per heavy atom. The molecule has 2 rings (SSSR count). The molecule has 0 saturated carbocycles. The lowest BCUT2D eigenvalue weighted by Gasteiger charge is -2.08. The number of nitrogens with zero attached hydrogens (tertiary/aromatic N) is 1. The molecule has 31 heavy (non-hydrogen) atoms. The van der Waals surface area contributed by atoms with E-state index < -0.39 is 5.97 Å².